The van der Waals surface area contributed by atoms with Gasteiger partial charge in [-0.15, -0.1) is 0 Å². The average Bonchev–Trinajstić information content (AvgIpc) is 2.64. The molecule has 100 valence electrons. The van der Waals surface area contributed by atoms with Crippen molar-refractivity contribution in [1.29, 1.82) is 0 Å². The lowest BCUT2D eigenvalue weighted by molar-refractivity contribution is -0.139. The second-order valence-electron chi connectivity index (χ2n) is 4.35. The summed E-state index contributed by atoms with van der Waals surface area (Å²) in [5, 5.41) is 9.17. The van der Waals surface area contributed by atoms with Crippen LogP contribution in [-0.2, 0) is 9.53 Å². The summed E-state index contributed by atoms with van der Waals surface area (Å²) in [6.45, 7) is 2.92. The molecule has 0 bridgehead atoms. The molecular weight excluding hydrogens is 250 g/mol. The summed E-state index contributed by atoms with van der Waals surface area (Å²) in [6, 6.07) is 5.17. The quantitative estimate of drug-likeness (QED) is 0.839. The number of carboxylic acids is 1. The van der Waals surface area contributed by atoms with Crippen molar-refractivity contribution in [1.82, 2.24) is 0 Å². The van der Waals surface area contributed by atoms with Crippen LogP contribution < -0.4 is 4.90 Å². The van der Waals surface area contributed by atoms with Crippen LogP contribution in [0.3, 0.4) is 0 Å². The normalized spacial score (nSPS) is 22.2. The van der Waals surface area contributed by atoms with Gasteiger partial charge >= 0.3 is 12.1 Å². The van der Waals surface area contributed by atoms with Crippen LogP contribution in [0.15, 0.2) is 24.3 Å². The number of carbonyl (C=O) groups excluding carboxylic acids is 2. The van der Waals surface area contributed by atoms with Crippen molar-refractivity contribution in [2.24, 2.45) is 0 Å². The maximum atomic E-state index is 11.7. The zero-order chi connectivity index (χ0) is 14.2. The zero-order valence-corrected chi connectivity index (χ0v) is 10.5. The number of anilines is 1. The number of Topliss-reactive ketones (excluding diaryl/α,β-unsaturated/α-hetero) is 1. The molecule has 19 heavy (non-hydrogen) atoms. The van der Waals surface area contributed by atoms with Crippen molar-refractivity contribution in [3.63, 3.8) is 0 Å². The van der Waals surface area contributed by atoms with Gasteiger partial charge in [0, 0.05) is 11.3 Å². The highest BCUT2D eigenvalue weighted by atomic mass is 16.6. The summed E-state index contributed by atoms with van der Waals surface area (Å²) >= 11 is 0. The van der Waals surface area contributed by atoms with E-state index in [4.69, 9.17) is 4.74 Å². The lowest BCUT2D eigenvalue weighted by atomic mass is 10.1. The van der Waals surface area contributed by atoms with Crippen LogP contribution in [-0.4, -0.2) is 35.1 Å². The van der Waals surface area contributed by atoms with Gasteiger partial charge in [0.05, 0.1) is 0 Å². The summed E-state index contributed by atoms with van der Waals surface area (Å²) in [7, 11) is 0. The first-order valence-electron chi connectivity index (χ1n) is 5.75. The van der Waals surface area contributed by atoms with E-state index >= 15 is 0 Å². The van der Waals surface area contributed by atoms with Gasteiger partial charge in [0.2, 0.25) is 0 Å². The van der Waals surface area contributed by atoms with Gasteiger partial charge in [-0.05, 0) is 26.0 Å². The number of cyclic esters (lactones) is 1. The monoisotopic (exact) mass is 263 g/mol. The van der Waals surface area contributed by atoms with Crippen LogP contribution in [0.1, 0.15) is 24.2 Å². The van der Waals surface area contributed by atoms with Gasteiger partial charge in [-0.1, -0.05) is 12.1 Å². The van der Waals surface area contributed by atoms with Gasteiger partial charge in [-0.25, -0.2) is 9.59 Å². The summed E-state index contributed by atoms with van der Waals surface area (Å²) in [5.41, 5.74) is 0.753. The summed E-state index contributed by atoms with van der Waals surface area (Å²) in [4.78, 5) is 35.3. The second kappa shape index (κ2) is 4.72. The minimum absolute atomic E-state index is 0.158. The van der Waals surface area contributed by atoms with Crippen molar-refractivity contribution in [3.8, 4) is 0 Å². The topological polar surface area (TPSA) is 83.9 Å². The van der Waals surface area contributed by atoms with Gasteiger partial charge in [0.15, 0.2) is 11.8 Å². The van der Waals surface area contributed by atoms with E-state index in [-0.39, 0.29) is 5.78 Å². The van der Waals surface area contributed by atoms with Crippen molar-refractivity contribution in [3.05, 3.63) is 29.8 Å². The van der Waals surface area contributed by atoms with Gasteiger partial charge in [0.1, 0.15) is 6.10 Å². The van der Waals surface area contributed by atoms with Gasteiger partial charge in [0.25, 0.3) is 0 Å². The number of benzene rings is 1. The molecule has 1 aromatic rings. The van der Waals surface area contributed by atoms with Crippen LogP contribution >= 0.6 is 0 Å². The third kappa shape index (κ3) is 2.29. The van der Waals surface area contributed by atoms with Crippen molar-refractivity contribution < 1.29 is 24.2 Å². The van der Waals surface area contributed by atoms with Crippen LogP contribution in [0, 0.1) is 0 Å². The largest absolute Gasteiger partial charge is 0.480 e. The molecule has 1 amide bonds. The third-order valence-electron chi connectivity index (χ3n) is 2.99. The Bertz CT molecular complexity index is 554. The summed E-state index contributed by atoms with van der Waals surface area (Å²) in [6.07, 6.45) is -1.47. The molecular formula is C13H13NO5. The average molecular weight is 263 g/mol. The minimum atomic E-state index is -1.15. The molecule has 2 atom stereocenters. The molecule has 0 spiro atoms. The number of carboxylic acid groups (broad SMARTS) is 1. The lowest BCUT2D eigenvalue weighted by Crippen LogP contribution is -2.42. The Kier molecular flexibility index (Phi) is 3.25. The lowest BCUT2D eigenvalue weighted by Gasteiger charge is -2.19. The molecule has 1 aliphatic rings. The molecule has 6 heteroatoms. The van der Waals surface area contributed by atoms with Crippen LogP contribution in [0.4, 0.5) is 10.5 Å². The highest BCUT2D eigenvalue weighted by Gasteiger charge is 2.45. The minimum Gasteiger partial charge on any atom is -0.480 e. The first-order chi connectivity index (χ1) is 8.91. The molecule has 1 N–H and O–H groups in total. The predicted octanol–water partition coefficient (Wildman–Crippen LogP) is 1.69. The van der Waals surface area contributed by atoms with E-state index in [0.29, 0.717) is 11.3 Å². The molecule has 1 aromatic carbocycles. The third-order valence-corrected chi connectivity index (χ3v) is 2.99. The number of aliphatic carboxylic acids is 1. The van der Waals surface area contributed by atoms with Gasteiger partial charge in [-0.2, -0.15) is 0 Å². The van der Waals surface area contributed by atoms with E-state index in [0.717, 1.165) is 4.90 Å². The fourth-order valence-corrected chi connectivity index (χ4v) is 2.06. The molecule has 1 aliphatic heterocycles. The van der Waals surface area contributed by atoms with Gasteiger partial charge < -0.3 is 9.84 Å². The first-order valence-corrected chi connectivity index (χ1v) is 5.75. The Balaban J connectivity index is 2.44. The van der Waals surface area contributed by atoms with Gasteiger partial charge in [-0.3, -0.25) is 9.69 Å². The number of carbonyl (C=O) groups is 3. The predicted molar refractivity (Wildman–Crippen MR) is 66.3 cm³/mol. The molecule has 2 unspecified atom stereocenters. The Hall–Kier alpha value is -2.37. The Labute approximate surface area is 109 Å². The molecule has 1 heterocycles. The Morgan fingerprint density at radius 3 is 2.63 bits per heavy atom. The number of nitrogens with zero attached hydrogens (tertiary/aromatic N) is 1. The van der Waals surface area contributed by atoms with E-state index in [2.05, 4.69) is 0 Å². The molecule has 2 rings (SSSR count). The maximum absolute atomic E-state index is 11.7. The molecule has 6 nitrogen and oxygen atoms in total. The standard InChI is InChI=1S/C13H13NO5/c1-7(15)9-4-3-5-10(6-9)14-11(12(16)17)8(2)19-13(14)18/h3-6,8,11H,1-2H3,(H,16,17). The van der Waals surface area contributed by atoms with E-state index in [1.165, 1.54) is 19.9 Å². The van der Waals surface area contributed by atoms with E-state index in [1.54, 1.807) is 18.2 Å². The highest BCUT2D eigenvalue weighted by molar-refractivity contribution is 6.00. The van der Waals surface area contributed by atoms with E-state index in [1.807, 2.05) is 0 Å². The van der Waals surface area contributed by atoms with Crippen molar-refractivity contribution in [2.45, 2.75) is 26.0 Å². The molecule has 0 aromatic heterocycles. The smallest absolute Gasteiger partial charge is 0.415 e. The Morgan fingerprint density at radius 1 is 1.37 bits per heavy atom. The van der Waals surface area contributed by atoms with E-state index < -0.39 is 24.2 Å². The van der Waals surface area contributed by atoms with Crippen LogP contribution in [0.25, 0.3) is 0 Å². The number of hydrogen-bond donors (Lipinski definition) is 1. The fraction of sp³-hybridized carbons (Fsp3) is 0.308. The summed E-state index contributed by atoms with van der Waals surface area (Å²) < 4.78 is 4.92. The SMILES string of the molecule is CC(=O)c1cccc(N2C(=O)OC(C)C2C(=O)O)c1. The Morgan fingerprint density at radius 2 is 2.05 bits per heavy atom. The molecule has 1 fully saturated rings. The molecule has 0 aliphatic carbocycles. The highest BCUT2D eigenvalue weighted by Crippen LogP contribution is 2.27. The summed E-state index contributed by atoms with van der Waals surface area (Å²) in [5.74, 6) is -1.30. The number of ketones is 1. The van der Waals surface area contributed by atoms with Crippen LogP contribution in [0.5, 0.6) is 0 Å². The fourth-order valence-electron chi connectivity index (χ4n) is 2.06. The van der Waals surface area contributed by atoms with Crippen molar-refractivity contribution >= 4 is 23.5 Å². The number of hydrogen-bond acceptors (Lipinski definition) is 4. The van der Waals surface area contributed by atoms with E-state index in [9.17, 15) is 19.5 Å². The maximum Gasteiger partial charge on any atom is 0.415 e. The number of ether oxygens (including phenoxy) is 1. The van der Waals surface area contributed by atoms with Crippen molar-refractivity contribution in [2.75, 3.05) is 4.90 Å². The first kappa shape index (κ1) is 13.1. The molecule has 0 radical (unpaired) electrons. The zero-order valence-electron chi connectivity index (χ0n) is 10.5. The molecule has 0 saturated carbocycles. The number of rotatable bonds is 3. The number of amides is 1. The second-order valence-corrected chi connectivity index (χ2v) is 4.35. The van der Waals surface area contributed by atoms with Crippen LogP contribution in [0.2, 0.25) is 0 Å². The molecule has 1 saturated heterocycles.